The Kier molecular flexibility index (Phi) is 3.79. The third-order valence-electron chi connectivity index (χ3n) is 3.41. The van der Waals surface area contributed by atoms with Crippen LogP contribution >= 0.6 is 0 Å². The van der Waals surface area contributed by atoms with E-state index in [9.17, 15) is 15.2 Å². The molecule has 1 heterocycles. The summed E-state index contributed by atoms with van der Waals surface area (Å²) >= 11 is 0. The van der Waals surface area contributed by atoms with Gasteiger partial charge in [0.1, 0.15) is 5.69 Å². The van der Waals surface area contributed by atoms with Gasteiger partial charge in [0.25, 0.3) is 0 Å². The van der Waals surface area contributed by atoms with E-state index in [1.165, 1.54) is 6.92 Å². The molecule has 1 fully saturated rings. The molecule has 1 aliphatic rings. The van der Waals surface area contributed by atoms with Crippen LogP contribution in [0.25, 0.3) is 0 Å². The number of nitrogen functional groups attached to an aromatic ring is 1. The van der Waals surface area contributed by atoms with Crippen molar-refractivity contribution in [2.45, 2.75) is 32.3 Å². The number of nitro groups is 1. The zero-order valence-electron chi connectivity index (χ0n) is 10.7. The molecule has 1 aliphatic carbocycles. The van der Waals surface area contributed by atoms with Crippen molar-refractivity contribution in [3.05, 3.63) is 15.8 Å². The average molecular weight is 267 g/mol. The van der Waals surface area contributed by atoms with Crippen LogP contribution in [-0.2, 0) is 0 Å². The molecule has 1 aromatic rings. The van der Waals surface area contributed by atoms with E-state index >= 15 is 0 Å². The zero-order chi connectivity index (χ0) is 14.0. The van der Waals surface area contributed by atoms with Crippen LogP contribution in [0.4, 0.5) is 17.5 Å². The number of aliphatic hydroxyl groups excluding tert-OH is 1. The number of hydrogen-bond donors (Lipinski definition) is 3. The number of nitrogens with two attached hydrogens (primary N) is 1. The molecule has 2 atom stereocenters. The van der Waals surface area contributed by atoms with Crippen molar-refractivity contribution >= 4 is 17.5 Å². The first-order valence-corrected chi connectivity index (χ1v) is 6.19. The summed E-state index contributed by atoms with van der Waals surface area (Å²) < 4.78 is 0. The van der Waals surface area contributed by atoms with E-state index in [0.717, 1.165) is 19.3 Å². The van der Waals surface area contributed by atoms with Gasteiger partial charge in [-0.2, -0.15) is 4.98 Å². The van der Waals surface area contributed by atoms with Crippen LogP contribution in [0.5, 0.6) is 0 Å². The summed E-state index contributed by atoms with van der Waals surface area (Å²) in [4.78, 5) is 18.1. The van der Waals surface area contributed by atoms with Crippen LogP contribution in [0.1, 0.15) is 25.0 Å². The Labute approximate surface area is 110 Å². The maximum Gasteiger partial charge on any atom is 0.332 e. The van der Waals surface area contributed by atoms with E-state index < -0.39 is 4.92 Å². The van der Waals surface area contributed by atoms with Gasteiger partial charge < -0.3 is 16.2 Å². The molecule has 0 aliphatic heterocycles. The Morgan fingerprint density at radius 2 is 2.26 bits per heavy atom. The predicted octanol–water partition coefficient (Wildman–Crippen LogP) is 0.848. The third kappa shape index (κ3) is 2.90. The Morgan fingerprint density at radius 3 is 2.84 bits per heavy atom. The van der Waals surface area contributed by atoms with Crippen LogP contribution in [0.15, 0.2) is 0 Å². The molecule has 2 rings (SSSR count). The second kappa shape index (κ2) is 5.35. The van der Waals surface area contributed by atoms with Gasteiger partial charge in [0.05, 0.1) is 11.0 Å². The number of hydrogen-bond acceptors (Lipinski definition) is 7. The van der Waals surface area contributed by atoms with Crippen molar-refractivity contribution in [1.82, 2.24) is 9.97 Å². The highest BCUT2D eigenvalue weighted by atomic mass is 16.6. The molecule has 104 valence electrons. The normalized spacial score (nSPS) is 22.4. The molecule has 2 unspecified atom stereocenters. The van der Waals surface area contributed by atoms with Crippen molar-refractivity contribution in [2.24, 2.45) is 5.92 Å². The Hall–Kier alpha value is -1.96. The molecule has 0 saturated heterocycles. The number of nitrogens with one attached hydrogen (secondary N) is 1. The maximum absolute atomic E-state index is 11.0. The van der Waals surface area contributed by atoms with E-state index in [-0.39, 0.29) is 35.2 Å². The third-order valence-corrected chi connectivity index (χ3v) is 3.41. The van der Waals surface area contributed by atoms with Crippen LogP contribution in [0, 0.1) is 23.0 Å². The molecule has 4 N–H and O–H groups in total. The van der Waals surface area contributed by atoms with Crippen LogP contribution < -0.4 is 11.1 Å². The monoisotopic (exact) mass is 267 g/mol. The van der Waals surface area contributed by atoms with Gasteiger partial charge in [-0.25, -0.2) is 4.98 Å². The number of rotatable bonds is 4. The molecule has 0 amide bonds. The first-order chi connectivity index (χ1) is 8.99. The lowest BCUT2D eigenvalue weighted by Gasteiger charge is -2.15. The molecule has 19 heavy (non-hydrogen) atoms. The number of aromatic nitrogens is 2. The van der Waals surface area contributed by atoms with Crippen molar-refractivity contribution in [3.63, 3.8) is 0 Å². The molecular formula is C11H17N5O3. The highest BCUT2D eigenvalue weighted by Gasteiger charge is 2.27. The van der Waals surface area contributed by atoms with Gasteiger partial charge in [0.2, 0.25) is 11.8 Å². The minimum Gasteiger partial charge on any atom is -0.393 e. The minimum atomic E-state index is -0.526. The summed E-state index contributed by atoms with van der Waals surface area (Å²) in [6.07, 6.45) is 2.30. The van der Waals surface area contributed by atoms with Gasteiger partial charge in [0, 0.05) is 12.5 Å². The van der Waals surface area contributed by atoms with Gasteiger partial charge in [-0.3, -0.25) is 10.1 Å². The largest absolute Gasteiger partial charge is 0.393 e. The van der Waals surface area contributed by atoms with Crippen molar-refractivity contribution < 1.29 is 10.0 Å². The van der Waals surface area contributed by atoms with E-state index in [0.29, 0.717) is 6.54 Å². The number of nitrogens with zero attached hydrogens (tertiary/aromatic N) is 3. The summed E-state index contributed by atoms with van der Waals surface area (Å²) in [5.41, 5.74) is 5.57. The van der Waals surface area contributed by atoms with Crippen LogP contribution in [0.2, 0.25) is 0 Å². The highest BCUT2D eigenvalue weighted by Crippen LogP contribution is 2.29. The van der Waals surface area contributed by atoms with Crippen LogP contribution in [-0.4, -0.2) is 32.6 Å². The summed E-state index contributed by atoms with van der Waals surface area (Å²) in [7, 11) is 0. The zero-order valence-corrected chi connectivity index (χ0v) is 10.7. The summed E-state index contributed by atoms with van der Waals surface area (Å²) in [6.45, 7) is 1.96. The topological polar surface area (TPSA) is 127 Å². The Morgan fingerprint density at radius 1 is 1.53 bits per heavy atom. The molecule has 1 saturated carbocycles. The Balaban J connectivity index is 2.17. The first-order valence-electron chi connectivity index (χ1n) is 6.19. The lowest BCUT2D eigenvalue weighted by molar-refractivity contribution is -0.385. The lowest BCUT2D eigenvalue weighted by atomic mass is 10.1. The Bertz CT molecular complexity index is 493. The smallest absolute Gasteiger partial charge is 0.332 e. The summed E-state index contributed by atoms with van der Waals surface area (Å²) in [6, 6.07) is 0. The standard InChI is InChI=1S/C11H17N5O3/c1-6-9(16(18)19)10(15-11(12)14-6)13-5-7-3-2-4-8(7)17/h7-8,17H,2-5H2,1H3,(H3,12,13,14,15). The minimum absolute atomic E-state index is 0.00225. The summed E-state index contributed by atoms with van der Waals surface area (Å²) in [5, 5.41) is 23.6. The van der Waals surface area contributed by atoms with Gasteiger partial charge in [-0.15, -0.1) is 0 Å². The summed E-state index contributed by atoms with van der Waals surface area (Å²) in [5.74, 6) is 0.211. The first kappa shape index (κ1) is 13.5. The average Bonchev–Trinajstić information content (AvgIpc) is 2.70. The molecule has 8 heteroatoms. The van der Waals surface area contributed by atoms with Crippen molar-refractivity contribution in [1.29, 1.82) is 0 Å². The van der Waals surface area contributed by atoms with Gasteiger partial charge >= 0.3 is 5.69 Å². The SMILES string of the molecule is Cc1nc(N)nc(NCC2CCCC2O)c1[N+](=O)[O-]. The molecule has 1 aromatic heterocycles. The van der Waals surface area contributed by atoms with Crippen molar-refractivity contribution in [2.75, 3.05) is 17.6 Å². The fraction of sp³-hybridized carbons (Fsp3) is 0.636. The fourth-order valence-corrected chi connectivity index (χ4v) is 2.41. The predicted molar refractivity (Wildman–Crippen MR) is 69.7 cm³/mol. The molecule has 0 spiro atoms. The van der Waals surface area contributed by atoms with E-state index in [2.05, 4.69) is 15.3 Å². The molecule has 8 nitrogen and oxygen atoms in total. The molecule has 0 bridgehead atoms. The van der Waals surface area contributed by atoms with Gasteiger partial charge in [0.15, 0.2) is 0 Å². The van der Waals surface area contributed by atoms with Gasteiger partial charge in [-0.05, 0) is 19.8 Å². The highest BCUT2D eigenvalue weighted by molar-refractivity contribution is 5.60. The van der Waals surface area contributed by atoms with Crippen LogP contribution in [0.3, 0.4) is 0 Å². The van der Waals surface area contributed by atoms with E-state index in [1.54, 1.807) is 0 Å². The van der Waals surface area contributed by atoms with Crippen molar-refractivity contribution in [3.8, 4) is 0 Å². The van der Waals surface area contributed by atoms with E-state index in [1.807, 2.05) is 0 Å². The second-order valence-corrected chi connectivity index (χ2v) is 4.76. The second-order valence-electron chi connectivity index (χ2n) is 4.76. The lowest BCUT2D eigenvalue weighted by Crippen LogP contribution is -2.23. The number of aryl methyl sites for hydroxylation is 1. The molecular weight excluding hydrogens is 250 g/mol. The van der Waals surface area contributed by atoms with Gasteiger partial charge in [-0.1, -0.05) is 6.42 Å². The molecule has 0 aromatic carbocycles. The number of anilines is 2. The fourth-order valence-electron chi connectivity index (χ4n) is 2.41. The number of aliphatic hydroxyl groups is 1. The maximum atomic E-state index is 11.0. The quantitative estimate of drug-likeness (QED) is 0.545. The van der Waals surface area contributed by atoms with E-state index in [4.69, 9.17) is 5.73 Å². The molecule has 0 radical (unpaired) electrons.